The lowest BCUT2D eigenvalue weighted by Crippen LogP contribution is -2.52. The van der Waals surface area contributed by atoms with E-state index in [-0.39, 0.29) is 6.61 Å². The second-order valence-electron chi connectivity index (χ2n) is 8.34. The summed E-state index contributed by atoms with van der Waals surface area (Å²) in [5.41, 5.74) is 6.22. The van der Waals surface area contributed by atoms with E-state index in [0.717, 1.165) is 50.4 Å². The van der Waals surface area contributed by atoms with Crippen LogP contribution in [0.3, 0.4) is 0 Å². The molecule has 0 amide bonds. The van der Waals surface area contributed by atoms with Crippen molar-refractivity contribution in [3.05, 3.63) is 77.5 Å². The topological polar surface area (TPSA) is 44.5 Å². The highest BCUT2D eigenvalue weighted by Crippen LogP contribution is 2.25. The fourth-order valence-electron chi connectivity index (χ4n) is 4.47. The second-order valence-corrected chi connectivity index (χ2v) is 8.34. The Kier molecular flexibility index (Phi) is 6.62. The van der Waals surface area contributed by atoms with E-state index in [1.165, 1.54) is 16.7 Å². The Hall–Kier alpha value is -2.47. The molecule has 3 aromatic rings. The summed E-state index contributed by atoms with van der Waals surface area (Å²) in [6, 6.07) is 19.4. The molecule has 5 heteroatoms. The summed E-state index contributed by atoms with van der Waals surface area (Å²) in [6.07, 6.45) is 2.95. The van der Waals surface area contributed by atoms with E-state index in [2.05, 4.69) is 71.5 Å². The minimum Gasteiger partial charge on any atom is -0.396 e. The zero-order valence-corrected chi connectivity index (χ0v) is 18.0. The molecule has 1 N–H and O–H groups in total. The van der Waals surface area contributed by atoms with E-state index in [9.17, 15) is 5.11 Å². The van der Waals surface area contributed by atoms with Gasteiger partial charge in [-0.05, 0) is 24.5 Å². The van der Waals surface area contributed by atoms with Crippen LogP contribution in [0.2, 0.25) is 0 Å². The molecule has 1 saturated heterocycles. The van der Waals surface area contributed by atoms with E-state index >= 15 is 0 Å². The quantitative estimate of drug-likeness (QED) is 0.655. The van der Waals surface area contributed by atoms with E-state index in [1.54, 1.807) is 0 Å². The molecule has 1 aromatic heterocycles. The standard InChI is InChI=1S/C25H32N4O/c1-20-8-6-7-11-22(20)18-29-14-13-28(19-24(29)12-15-30)17-23-16-27(2)26-25(23)21-9-4-3-5-10-21/h3-11,16,24,30H,12-15,17-19H2,1-2H3/t24-/m0/s1. The minimum absolute atomic E-state index is 0.227. The molecule has 1 atom stereocenters. The summed E-state index contributed by atoms with van der Waals surface area (Å²) in [5, 5.41) is 14.4. The van der Waals surface area contributed by atoms with Crippen molar-refractivity contribution in [1.82, 2.24) is 19.6 Å². The maximum atomic E-state index is 9.67. The monoisotopic (exact) mass is 404 g/mol. The van der Waals surface area contributed by atoms with Gasteiger partial charge >= 0.3 is 0 Å². The highest BCUT2D eigenvalue weighted by atomic mass is 16.3. The molecule has 1 aliphatic heterocycles. The van der Waals surface area contributed by atoms with Crippen LogP contribution in [-0.4, -0.2) is 57.0 Å². The maximum absolute atomic E-state index is 9.67. The van der Waals surface area contributed by atoms with Crippen molar-refractivity contribution in [3.63, 3.8) is 0 Å². The number of hydrogen-bond acceptors (Lipinski definition) is 4. The molecule has 4 rings (SSSR count). The first kappa shape index (κ1) is 20.8. The summed E-state index contributed by atoms with van der Waals surface area (Å²) in [4.78, 5) is 5.05. The lowest BCUT2D eigenvalue weighted by atomic mass is 10.0. The van der Waals surface area contributed by atoms with Crippen LogP contribution in [-0.2, 0) is 20.1 Å². The summed E-state index contributed by atoms with van der Waals surface area (Å²) < 4.78 is 1.91. The number of hydrogen-bond donors (Lipinski definition) is 1. The Morgan fingerprint density at radius 1 is 0.967 bits per heavy atom. The Labute approximate surface area is 179 Å². The molecule has 1 fully saturated rings. The molecular formula is C25H32N4O. The van der Waals surface area contributed by atoms with Crippen molar-refractivity contribution in [2.24, 2.45) is 7.05 Å². The molecule has 2 heterocycles. The highest BCUT2D eigenvalue weighted by Gasteiger charge is 2.27. The summed E-state index contributed by atoms with van der Waals surface area (Å²) in [7, 11) is 1.99. The van der Waals surface area contributed by atoms with Crippen molar-refractivity contribution in [2.75, 3.05) is 26.2 Å². The summed E-state index contributed by atoms with van der Waals surface area (Å²) in [6.45, 7) is 7.25. The van der Waals surface area contributed by atoms with Gasteiger partial charge in [0.1, 0.15) is 0 Å². The first-order valence-corrected chi connectivity index (χ1v) is 10.8. The smallest absolute Gasteiger partial charge is 0.0968 e. The van der Waals surface area contributed by atoms with E-state index in [4.69, 9.17) is 5.10 Å². The molecule has 2 aromatic carbocycles. The van der Waals surface area contributed by atoms with Crippen LogP contribution in [0.25, 0.3) is 11.3 Å². The fourth-order valence-corrected chi connectivity index (χ4v) is 4.47. The Balaban J connectivity index is 1.47. The van der Waals surface area contributed by atoms with Gasteiger partial charge in [-0.1, -0.05) is 54.6 Å². The molecule has 0 saturated carbocycles. The summed E-state index contributed by atoms with van der Waals surface area (Å²) >= 11 is 0. The number of aliphatic hydroxyl groups excluding tert-OH is 1. The van der Waals surface area contributed by atoms with E-state index in [0.29, 0.717) is 6.04 Å². The van der Waals surface area contributed by atoms with Crippen LogP contribution in [0.15, 0.2) is 60.8 Å². The van der Waals surface area contributed by atoms with Gasteiger partial charge in [0, 0.05) is 69.7 Å². The molecule has 0 unspecified atom stereocenters. The average Bonchev–Trinajstić information content (AvgIpc) is 3.12. The molecule has 158 valence electrons. The van der Waals surface area contributed by atoms with Gasteiger partial charge in [-0.2, -0.15) is 5.10 Å². The molecule has 30 heavy (non-hydrogen) atoms. The SMILES string of the molecule is Cc1ccccc1CN1CCN(Cc2cn(C)nc2-c2ccccc2)C[C@@H]1CCO. The highest BCUT2D eigenvalue weighted by molar-refractivity contribution is 5.62. The molecule has 0 bridgehead atoms. The van der Waals surface area contributed by atoms with Gasteiger partial charge in [0.2, 0.25) is 0 Å². The van der Waals surface area contributed by atoms with Crippen LogP contribution < -0.4 is 0 Å². The third kappa shape index (κ3) is 4.81. The van der Waals surface area contributed by atoms with Gasteiger partial charge in [0.25, 0.3) is 0 Å². The number of aromatic nitrogens is 2. The number of rotatable bonds is 7. The van der Waals surface area contributed by atoms with Gasteiger partial charge in [0.15, 0.2) is 0 Å². The van der Waals surface area contributed by atoms with Gasteiger partial charge in [-0.15, -0.1) is 0 Å². The average molecular weight is 405 g/mol. The van der Waals surface area contributed by atoms with Crippen LogP contribution >= 0.6 is 0 Å². The molecule has 0 aliphatic carbocycles. The van der Waals surface area contributed by atoms with Crippen LogP contribution in [0.5, 0.6) is 0 Å². The Morgan fingerprint density at radius 2 is 1.73 bits per heavy atom. The molecule has 0 spiro atoms. The zero-order chi connectivity index (χ0) is 20.9. The third-order valence-electron chi connectivity index (χ3n) is 6.13. The van der Waals surface area contributed by atoms with Gasteiger partial charge in [-0.25, -0.2) is 0 Å². The number of aryl methyl sites for hydroxylation is 2. The molecule has 5 nitrogen and oxygen atoms in total. The zero-order valence-electron chi connectivity index (χ0n) is 18.0. The fraction of sp³-hybridized carbons (Fsp3) is 0.400. The predicted molar refractivity (Wildman–Crippen MR) is 121 cm³/mol. The lowest BCUT2D eigenvalue weighted by Gasteiger charge is -2.41. The largest absolute Gasteiger partial charge is 0.396 e. The van der Waals surface area contributed by atoms with Crippen molar-refractivity contribution >= 4 is 0 Å². The Morgan fingerprint density at radius 3 is 2.50 bits per heavy atom. The Bertz CT molecular complexity index is 953. The number of benzene rings is 2. The van der Waals surface area contributed by atoms with Crippen molar-refractivity contribution < 1.29 is 5.11 Å². The number of aliphatic hydroxyl groups is 1. The maximum Gasteiger partial charge on any atom is 0.0968 e. The summed E-state index contributed by atoms with van der Waals surface area (Å²) in [5.74, 6) is 0. The van der Waals surface area contributed by atoms with Crippen LogP contribution in [0.1, 0.15) is 23.1 Å². The third-order valence-corrected chi connectivity index (χ3v) is 6.13. The van der Waals surface area contributed by atoms with Gasteiger partial charge < -0.3 is 5.11 Å². The molecule has 1 aliphatic rings. The lowest BCUT2D eigenvalue weighted by molar-refractivity contribution is 0.0499. The van der Waals surface area contributed by atoms with E-state index in [1.807, 2.05) is 17.8 Å². The van der Waals surface area contributed by atoms with Gasteiger partial charge in [-0.3, -0.25) is 14.5 Å². The van der Waals surface area contributed by atoms with Crippen molar-refractivity contribution in [3.8, 4) is 11.3 Å². The van der Waals surface area contributed by atoms with Crippen molar-refractivity contribution in [2.45, 2.75) is 32.5 Å². The molecule has 0 radical (unpaired) electrons. The van der Waals surface area contributed by atoms with Gasteiger partial charge in [0.05, 0.1) is 5.69 Å². The second kappa shape index (κ2) is 9.56. The van der Waals surface area contributed by atoms with Crippen molar-refractivity contribution in [1.29, 1.82) is 0 Å². The predicted octanol–water partition coefficient (Wildman–Crippen LogP) is 3.46. The molecular weight excluding hydrogens is 372 g/mol. The first-order chi connectivity index (χ1) is 14.6. The number of piperazine rings is 1. The number of nitrogens with zero attached hydrogens (tertiary/aromatic N) is 4. The normalized spacial score (nSPS) is 18.0. The van der Waals surface area contributed by atoms with Crippen LogP contribution in [0.4, 0.5) is 0 Å². The minimum atomic E-state index is 0.227. The van der Waals surface area contributed by atoms with E-state index < -0.39 is 0 Å². The van der Waals surface area contributed by atoms with Crippen LogP contribution in [0, 0.1) is 6.92 Å². The first-order valence-electron chi connectivity index (χ1n) is 10.8.